The smallest absolute Gasteiger partial charge is 0.238 e. The number of likely N-dealkylation sites (tertiary alicyclic amines) is 1. The quantitative estimate of drug-likeness (QED) is 0.901. The summed E-state index contributed by atoms with van der Waals surface area (Å²) in [6.07, 6.45) is 1.38. The summed E-state index contributed by atoms with van der Waals surface area (Å²) in [5.74, 6) is -0.154. The van der Waals surface area contributed by atoms with Gasteiger partial charge in [-0.2, -0.15) is 0 Å². The maximum atomic E-state index is 11.9. The molecule has 2 N–H and O–H groups in total. The van der Waals surface area contributed by atoms with Crippen LogP contribution in [0.2, 0.25) is 10.0 Å². The van der Waals surface area contributed by atoms with E-state index in [1.165, 1.54) is 0 Å². The molecule has 0 spiro atoms. The fourth-order valence-corrected chi connectivity index (χ4v) is 2.52. The number of nitrogens with zero attached hydrogens (tertiary/aromatic N) is 1. The number of carbonyl (C=O) groups is 1. The topological polar surface area (TPSA) is 52.6 Å². The molecular weight excluding hydrogens is 287 g/mol. The summed E-state index contributed by atoms with van der Waals surface area (Å²) in [6, 6.07) is 5.10. The molecule has 1 aromatic rings. The molecule has 1 atom stereocenters. The summed E-state index contributed by atoms with van der Waals surface area (Å²) >= 11 is 11.9. The number of hydrogen-bond acceptors (Lipinski definition) is 3. The molecule has 0 saturated carbocycles. The molecule has 1 fully saturated rings. The van der Waals surface area contributed by atoms with Crippen molar-refractivity contribution in [2.24, 2.45) is 0 Å². The van der Waals surface area contributed by atoms with Gasteiger partial charge in [0.2, 0.25) is 5.91 Å². The minimum Gasteiger partial charge on any atom is -0.392 e. The number of carbonyl (C=O) groups excluding carboxylic acids is 1. The van der Waals surface area contributed by atoms with E-state index in [0.29, 0.717) is 22.3 Å². The summed E-state index contributed by atoms with van der Waals surface area (Å²) in [4.78, 5) is 13.8. The predicted molar refractivity (Wildman–Crippen MR) is 76.8 cm³/mol. The Kier molecular flexibility index (Phi) is 5.05. The van der Waals surface area contributed by atoms with Gasteiger partial charge in [-0.25, -0.2) is 0 Å². The van der Waals surface area contributed by atoms with Gasteiger partial charge < -0.3 is 10.4 Å². The van der Waals surface area contributed by atoms with Crippen molar-refractivity contribution in [2.75, 3.05) is 25.0 Å². The number of nitrogens with one attached hydrogen (secondary N) is 1. The molecule has 1 amide bonds. The van der Waals surface area contributed by atoms with Crippen LogP contribution < -0.4 is 5.32 Å². The van der Waals surface area contributed by atoms with E-state index in [-0.39, 0.29) is 18.6 Å². The number of rotatable bonds is 3. The average molecular weight is 303 g/mol. The highest BCUT2D eigenvalue weighted by molar-refractivity contribution is 6.43. The van der Waals surface area contributed by atoms with Crippen LogP contribution in [0.5, 0.6) is 0 Å². The van der Waals surface area contributed by atoms with Crippen LogP contribution in [0.3, 0.4) is 0 Å². The number of piperidine rings is 1. The Labute approximate surface area is 122 Å². The van der Waals surface area contributed by atoms with Crippen molar-refractivity contribution in [3.05, 3.63) is 28.2 Å². The van der Waals surface area contributed by atoms with E-state index in [1.54, 1.807) is 18.2 Å². The van der Waals surface area contributed by atoms with E-state index in [4.69, 9.17) is 23.2 Å². The second-order valence-corrected chi connectivity index (χ2v) is 5.47. The molecule has 19 heavy (non-hydrogen) atoms. The first-order valence-electron chi connectivity index (χ1n) is 6.20. The molecule has 1 aliphatic rings. The second-order valence-electron chi connectivity index (χ2n) is 4.68. The molecule has 1 heterocycles. The van der Waals surface area contributed by atoms with Gasteiger partial charge in [0.15, 0.2) is 0 Å². The molecule has 1 aliphatic heterocycles. The van der Waals surface area contributed by atoms with Gasteiger partial charge >= 0.3 is 0 Å². The van der Waals surface area contributed by atoms with E-state index in [1.807, 2.05) is 4.90 Å². The van der Waals surface area contributed by atoms with E-state index < -0.39 is 0 Å². The van der Waals surface area contributed by atoms with Crippen LogP contribution in [0, 0.1) is 0 Å². The monoisotopic (exact) mass is 302 g/mol. The third kappa shape index (κ3) is 4.08. The maximum Gasteiger partial charge on any atom is 0.238 e. The molecule has 1 saturated heterocycles. The second kappa shape index (κ2) is 6.57. The van der Waals surface area contributed by atoms with Crippen LogP contribution in [0.25, 0.3) is 0 Å². The number of amides is 1. The van der Waals surface area contributed by atoms with E-state index in [2.05, 4.69) is 5.32 Å². The molecular formula is C13H16Cl2N2O2. The van der Waals surface area contributed by atoms with Gasteiger partial charge in [-0.3, -0.25) is 9.69 Å². The van der Waals surface area contributed by atoms with Crippen molar-refractivity contribution < 1.29 is 9.90 Å². The third-order valence-electron chi connectivity index (χ3n) is 3.07. The first-order valence-corrected chi connectivity index (χ1v) is 6.96. The SMILES string of the molecule is O=C(CN1CCCC(O)C1)Nc1cccc(Cl)c1Cl. The zero-order chi connectivity index (χ0) is 13.8. The number of aliphatic hydroxyl groups excluding tert-OH is 1. The molecule has 2 rings (SSSR count). The first-order chi connectivity index (χ1) is 9.06. The minimum atomic E-state index is -0.337. The fourth-order valence-electron chi connectivity index (χ4n) is 2.17. The lowest BCUT2D eigenvalue weighted by atomic mass is 10.1. The molecule has 104 valence electrons. The van der Waals surface area contributed by atoms with Gasteiger partial charge in [-0.05, 0) is 31.5 Å². The Morgan fingerprint density at radius 1 is 1.47 bits per heavy atom. The van der Waals surface area contributed by atoms with E-state index in [0.717, 1.165) is 19.4 Å². The van der Waals surface area contributed by atoms with Gasteiger partial charge in [0.05, 0.1) is 28.4 Å². The number of aliphatic hydroxyl groups is 1. The number of hydrogen-bond donors (Lipinski definition) is 2. The Bertz CT molecular complexity index is 468. The lowest BCUT2D eigenvalue weighted by Crippen LogP contribution is -2.42. The van der Waals surface area contributed by atoms with Gasteiger partial charge in [0.25, 0.3) is 0 Å². The van der Waals surface area contributed by atoms with Crippen LogP contribution in [0.1, 0.15) is 12.8 Å². The predicted octanol–water partition coefficient (Wildman–Crippen LogP) is 2.39. The Balaban J connectivity index is 1.92. The number of anilines is 1. The van der Waals surface area contributed by atoms with Crippen molar-refractivity contribution in [3.8, 4) is 0 Å². The van der Waals surface area contributed by atoms with Crippen LogP contribution >= 0.6 is 23.2 Å². The highest BCUT2D eigenvalue weighted by Crippen LogP contribution is 2.29. The van der Waals surface area contributed by atoms with Crippen molar-refractivity contribution in [1.29, 1.82) is 0 Å². The largest absolute Gasteiger partial charge is 0.392 e. The first kappa shape index (κ1) is 14.6. The van der Waals surface area contributed by atoms with Gasteiger partial charge in [0, 0.05) is 6.54 Å². The number of halogens is 2. The van der Waals surface area contributed by atoms with Gasteiger partial charge in [-0.1, -0.05) is 29.3 Å². The zero-order valence-electron chi connectivity index (χ0n) is 10.4. The molecule has 0 bridgehead atoms. The molecule has 6 heteroatoms. The highest BCUT2D eigenvalue weighted by Gasteiger charge is 2.20. The Morgan fingerprint density at radius 3 is 3.00 bits per heavy atom. The summed E-state index contributed by atoms with van der Waals surface area (Å²) in [5, 5.41) is 13.0. The number of β-amino-alcohol motifs (C(OH)–C–C–N with tert-alkyl or cyclic N) is 1. The minimum absolute atomic E-state index is 0.154. The van der Waals surface area contributed by atoms with Gasteiger partial charge in [-0.15, -0.1) is 0 Å². The molecule has 1 unspecified atom stereocenters. The third-order valence-corrected chi connectivity index (χ3v) is 3.89. The average Bonchev–Trinajstić information content (AvgIpc) is 2.35. The van der Waals surface area contributed by atoms with Crippen molar-refractivity contribution in [3.63, 3.8) is 0 Å². The van der Waals surface area contributed by atoms with Crippen LogP contribution in [-0.4, -0.2) is 41.7 Å². The number of benzene rings is 1. The summed E-state index contributed by atoms with van der Waals surface area (Å²) in [5.41, 5.74) is 0.511. The van der Waals surface area contributed by atoms with Crippen LogP contribution in [0.15, 0.2) is 18.2 Å². The Morgan fingerprint density at radius 2 is 2.26 bits per heavy atom. The highest BCUT2D eigenvalue weighted by atomic mass is 35.5. The van der Waals surface area contributed by atoms with Crippen molar-refractivity contribution in [1.82, 2.24) is 4.90 Å². The molecule has 1 aromatic carbocycles. The molecule has 0 aromatic heterocycles. The lowest BCUT2D eigenvalue weighted by Gasteiger charge is -2.29. The maximum absolute atomic E-state index is 11.9. The Hall–Kier alpha value is -0.810. The summed E-state index contributed by atoms with van der Waals surface area (Å²) in [7, 11) is 0. The normalized spacial score (nSPS) is 20.3. The molecule has 0 aliphatic carbocycles. The lowest BCUT2D eigenvalue weighted by molar-refractivity contribution is -0.118. The van der Waals surface area contributed by atoms with Crippen LogP contribution in [-0.2, 0) is 4.79 Å². The molecule has 4 nitrogen and oxygen atoms in total. The zero-order valence-corrected chi connectivity index (χ0v) is 11.9. The van der Waals surface area contributed by atoms with E-state index in [9.17, 15) is 9.90 Å². The van der Waals surface area contributed by atoms with Crippen molar-refractivity contribution in [2.45, 2.75) is 18.9 Å². The fraction of sp³-hybridized carbons (Fsp3) is 0.462. The standard InChI is InChI=1S/C13H16Cl2N2O2/c14-10-4-1-5-11(13(10)15)16-12(19)8-17-6-2-3-9(18)7-17/h1,4-5,9,18H,2-3,6-8H2,(H,16,19). The van der Waals surface area contributed by atoms with Crippen LogP contribution in [0.4, 0.5) is 5.69 Å². The summed E-state index contributed by atoms with van der Waals surface area (Å²) in [6.45, 7) is 1.62. The van der Waals surface area contributed by atoms with Gasteiger partial charge in [0.1, 0.15) is 0 Å². The van der Waals surface area contributed by atoms with E-state index >= 15 is 0 Å². The van der Waals surface area contributed by atoms with Crippen molar-refractivity contribution >= 4 is 34.8 Å². The summed E-state index contributed by atoms with van der Waals surface area (Å²) < 4.78 is 0. The molecule has 0 radical (unpaired) electrons.